The molecule has 0 unspecified atom stereocenters. The van der Waals surface area contributed by atoms with Crippen LogP contribution < -0.4 is 0 Å². The van der Waals surface area contributed by atoms with Gasteiger partial charge in [-0.05, 0) is 34.6 Å². The number of ether oxygens (including phenoxy) is 3. The Morgan fingerprint density at radius 1 is 1.04 bits per heavy atom. The second kappa shape index (κ2) is 6.67. The molecule has 2 aliphatic heterocycles. The van der Waals surface area contributed by atoms with Crippen LogP contribution in [0, 0.1) is 5.41 Å². The summed E-state index contributed by atoms with van der Waals surface area (Å²) in [7, 11) is 0. The van der Waals surface area contributed by atoms with E-state index in [9.17, 15) is 4.79 Å². The topological polar surface area (TPSA) is 48.0 Å². The number of nitrogens with zero attached hydrogens (tertiary/aromatic N) is 1. The van der Waals surface area contributed by atoms with Crippen molar-refractivity contribution in [3.63, 3.8) is 0 Å². The Bertz CT molecular complexity index is 506. The van der Waals surface area contributed by atoms with Crippen LogP contribution in [0.3, 0.4) is 0 Å². The number of likely N-dealkylation sites (tertiary alicyclic amines) is 1. The van der Waals surface area contributed by atoms with E-state index in [0.717, 1.165) is 26.1 Å². The van der Waals surface area contributed by atoms with E-state index in [2.05, 4.69) is 53.0 Å². The van der Waals surface area contributed by atoms with Gasteiger partial charge in [-0.1, -0.05) is 20.4 Å². The van der Waals surface area contributed by atoms with Gasteiger partial charge in [0.05, 0.1) is 13.2 Å². The average Bonchev–Trinajstić information content (AvgIpc) is 2.44. The first-order valence-electron chi connectivity index (χ1n) is 9.17. The van der Waals surface area contributed by atoms with Crippen LogP contribution in [0.5, 0.6) is 0 Å². The largest absolute Gasteiger partial charge is 0.461 e. The fourth-order valence-corrected chi connectivity index (χ4v) is 4.29. The van der Waals surface area contributed by atoms with E-state index in [1.807, 2.05) is 0 Å². The first kappa shape index (κ1) is 20.4. The van der Waals surface area contributed by atoms with Crippen molar-refractivity contribution in [3.8, 4) is 0 Å². The molecule has 0 N–H and O–H groups in total. The highest BCUT2D eigenvalue weighted by Crippen LogP contribution is 2.48. The average molecular weight is 354 g/mol. The maximum atomic E-state index is 11.6. The number of rotatable bonds is 4. The molecule has 0 saturated carbocycles. The highest BCUT2D eigenvalue weighted by atomic mass is 16.7. The van der Waals surface area contributed by atoms with Crippen LogP contribution in [0.4, 0.5) is 0 Å². The van der Waals surface area contributed by atoms with E-state index in [0.29, 0.717) is 18.7 Å². The molecule has 2 saturated heterocycles. The van der Waals surface area contributed by atoms with E-state index in [1.54, 1.807) is 6.92 Å². The summed E-state index contributed by atoms with van der Waals surface area (Å²) in [4.78, 5) is 14.0. The minimum Gasteiger partial charge on any atom is -0.461 e. The molecule has 0 aromatic heterocycles. The van der Waals surface area contributed by atoms with Gasteiger partial charge in [0.25, 0.3) is 0 Å². The van der Waals surface area contributed by atoms with Crippen LogP contribution in [0.2, 0.25) is 0 Å². The molecule has 1 spiro atoms. The molecule has 0 amide bonds. The third kappa shape index (κ3) is 4.63. The summed E-state index contributed by atoms with van der Waals surface area (Å²) in [6.07, 6.45) is 1.60. The Labute approximate surface area is 152 Å². The minimum absolute atomic E-state index is 0.0629. The lowest BCUT2D eigenvalue weighted by Crippen LogP contribution is -2.68. The van der Waals surface area contributed by atoms with Crippen LogP contribution in [0.1, 0.15) is 61.3 Å². The summed E-state index contributed by atoms with van der Waals surface area (Å²) in [6, 6.07) is 0. The normalized spacial score (nSPS) is 27.0. The molecular formula is C20H35NO4. The maximum Gasteiger partial charge on any atom is 0.333 e. The Balaban J connectivity index is 2.07. The third-order valence-electron chi connectivity index (χ3n) is 5.21. The van der Waals surface area contributed by atoms with E-state index in [4.69, 9.17) is 14.2 Å². The third-order valence-corrected chi connectivity index (χ3v) is 5.21. The van der Waals surface area contributed by atoms with Gasteiger partial charge in [-0.25, -0.2) is 4.79 Å². The Kier molecular flexibility index (Phi) is 5.45. The molecule has 5 heteroatoms. The summed E-state index contributed by atoms with van der Waals surface area (Å²) in [5.41, 5.74) is 0.244. The van der Waals surface area contributed by atoms with Crippen molar-refractivity contribution in [2.45, 2.75) is 78.2 Å². The monoisotopic (exact) mass is 353 g/mol. The molecule has 0 aromatic carbocycles. The Hall–Kier alpha value is -0.910. The van der Waals surface area contributed by atoms with Gasteiger partial charge >= 0.3 is 5.97 Å². The van der Waals surface area contributed by atoms with Crippen LogP contribution >= 0.6 is 0 Å². The zero-order valence-electron chi connectivity index (χ0n) is 17.0. The molecule has 2 heterocycles. The predicted molar refractivity (Wildman–Crippen MR) is 98.3 cm³/mol. The molecule has 5 nitrogen and oxygen atoms in total. The fraction of sp³-hybridized carbons (Fsp3) is 0.850. The molecule has 0 atom stereocenters. The van der Waals surface area contributed by atoms with Crippen molar-refractivity contribution < 1.29 is 19.0 Å². The molecule has 0 aromatic rings. The number of carbonyl (C=O) groups excluding carboxylic acids is 1. The highest BCUT2D eigenvalue weighted by Gasteiger charge is 2.55. The summed E-state index contributed by atoms with van der Waals surface area (Å²) in [5.74, 6) is -0.849. The lowest BCUT2D eigenvalue weighted by Gasteiger charge is -2.60. The lowest BCUT2D eigenvalue weighted by atomic mass is 9.75. The quantitative estimate of drug-likeness (QED) is 0.572. The van der Waals surface area contributed by atoms with Gasteiger partial charge in [-0.3, -0.25) is 4.90 Å². The lowest BCUT2D eigenvalue weighted by molar-refractivity contribution is -0.339. The van der Waals surface area contributed by atoms with Crippen LogP contribution in [-0.2, 0) is 19.0 Å². The van der Waals surface area contributed by atoms with Gasteiger partial charge in [-0.15, -0.1) is 0 Å². The summed E-state index contributed by atoms with van der Waals surface area (Å²) >= 11 is 0. The van der Waals surface area contributed by atoms with Gasteiger partial charge in [0, 0.05) is 41.5 Å². The first-order valence-corrected chi connectivity index (χ1v) is 9.17. The van der Waals surface area contributed by atoms with Gasteiger partial charge in [-0.2, -0.15) is 0 Å². The summed E-state index contributed by atoms with van der Waals surface area (Å²) in [6.45, 7) is 20.9. The number of hydrogen-bond acceptors (Lipinski definition) is 5. The van der Waals surface area contributed by atoms with Crippen molar-refractivity contribution in [2.24, 2.45) is 5.41 Å². The second-order valence-corrected chi connectivity index (χ2v) is 9.70. The predicted octanol–water partition coefficient (Wildman–Crippen LogP) is 3.53. The molecule has 25 heavy (non-hydrogen) atoms. The smallest absolute Gasteiger partial charge is 0.333 e. The van der Waals surface area contributed by atoms with Crippen molar-refractivity contribution in [1.29, 1.82) is 0 Å². The van der Waals surface area contributed by atoms with Gasteiger partial charge in [0.2, 0.25) is 0 Å². The second-order valence-electron chi connectivity index (χ2n) is 9.70. The Morgan fingerprint density at radius 3 is 1.96 bits per heavy atom. The van der Waals surface area contributed by atoms with Crippen LogP contribution in [0.15, 0.2) is 12.2 Å². The van der Waals surface area contributed by atoms with Crippen molar-refractivity contribution >= 4 is 5.97 Å². The van der Waals surface area contributed by atoms with E-state index < -0.39 is 5.79 Å². The van der Waals surface area contributed by atoms with Crippen molar-refractivity contribution in [3.05, 3.63) is 12.2 Å². The minimum atomic E-state index is -0.520. The van der Waals surface area contributed by atoms with Crippen LogP contribution in [-0.4, -0.2) is 54.1 Å². The molecule has 0 radical (unpaired) electrons. The molecular weight excluding hydrogens is 318 g/mol. The fourth-order valence-electron chi connectivity index (χ4n) is 4.29. The van der Waals surface area contributed by atoms with E-state index in [1.165, 1.54) is 0 Å². The molecule has 2 aliphatic rings. The van der Waals surface area contributed by atoms with Gasteiger partial charge in [0.15, 0.2) is 5.79 Å². The standard InChI is InChI=1S/C20H35NO4/c1-15(2)16(22)23-10-9-21-18(5,6)11-20(12-19(21,7)8)24-13-17(3,4)14-25-20/h1,9-14H2,2-8H3. The highest BCUT2D eigenvalue weighted by molar-refractivity contribution is 5.86. The SMILES string of the molecule is C=C(C)C(=O)OCCN1C(C)(C)CC2(CC1(C)C)OCC(C)(C)CO2. The number of esters is 1. The van der Waals surface area contributed by atoms with Gasteiger partial charge < -0.3 is 14.2 Å². The summed E-state index contributed by atoms with van der Waals surface area (Å²) in [5, 5.41) is 0. The maximum absolute atomic E-state index is 11.6. The van der Waals surface area contributed by atoms with E-state index >= 15 is 0 Å². The molecule has 0 bridgehead atoms. The zero-order chi connectivity index (χ0) is 19.1. The van der Waals surface area contributed by atoms with Gasteiger partial charge in [0.1, 0.15) is 6.61 Å². The van der Waals surface area contributed by atoms with Crippen LogP contribution in [0.25, 0.3) is 0 Å². The van der Waals surface area contributed by atoms with E-state index in [-0.39, 0.29) is 22.5 Å². The number of hydrogen-bond donors (Lipinski definition) is 0. The Morgan fingerprint density at radius 2 is 1.52 bits per heavy atom. The molecule has 2 rings (SSSR count). The molecule has 2 fully saturated rings. The molecule has 0 aliphatic carbocycles. The van der Waals surface area contributed by atoms with Crippen molar-refractivity contribution in [2.75, 3.05) is 26.4 Å². The zero-order valence-corrected chi connectivity index (χ0v) is 17.0. The number of piperidine rings is 1. The molecule has 144 valence electrons. The first-order chi connectivity index (χ1) is 11.3. The summed E-state index contributed by atoms with van der Waals surface area (Å²) < 4.78 is 17.9. The van der Waals surface area contributed by atoms with Crippen molar-refractivity contribution in [1.82, 2.24) is 4.90 Å². The number of carbonyl (C=O) groups is 1.